The van der Waals surface area contributed by atoms with E-state index in [1.165, 1.54) is 7.11 Å². The number of anilines is 1. The molecule has 1 aliphatic rings. The van der Waals surface area contributed by atoms with Crippen LogP contribution in [-0.4, -0.2) is 43.1 Å². The molecule has 7 nitrogen and oxygen atoms in total. The summed E-state index contributed by atoms with van der Waals surface area (Å²) in [4.78, 5) is 38.5. The summed E-state index contributed by atoms with van der Waals surface area (Å²) in [6.45, 7) is 6.83. The van der Waals surface area contributed by atoms with Gasteiger partial charge < -0.3 is 19.7 Å². The lowest BCUT2D eigenvalue weighted by molar-refractivity contribution is 0.0600. The Morgan fingerprint density at radius 2 is 1.71 bits per heavy atom. The van der Waals surface area contributed by atoms with Crippen LogP contribution in [0, 0.1) is 0 Å². The molecule has 0 radical (unpaired) electrons. The molecule has 0 spiro atoms. The van der Waals surface area contributed by atoms with Crippen molar-refractivity contribution in [3.8, 4) is 5.75 Å². The molecule has 0 atom stereocenters. The number of rotatable bonds is 6. The molecule has 0 saturated carbocycles. The molecule has 162 valence electrons. The Kier molecular flexibility index (Phi) is 6.74. The molecule has 1 N–H and O–H groups in total. The number of esters is 1. The molecule has 2 aromatic rings. The third-order valence-corrected chi connectivity index (χ3v) is 5.30. The lowest BCUT2D eigenvalue weighted by atomic mass is 10.0. The van der Waals surface area contributed by atoms with Crippen molar-refractivity contribution in [3.05, 3.63) is 64.7 Å². The first kappa shape index (κ1) is 22.1. The van der Waals surface area contributed by atoms with Crippen molar-refractivity contribution in [1.82, 2.24) is 4.90 Å². The quantitative estimate of drug-likeness (QED) is 0.692. The number of methoxy groups -OCH3 is 1. The number of amides is 2. The largest absolute Gasteiger partial charge is 0.465 e. The van der Waals surface area contributed by atoms with Gasteiger partial charge in [0.15, 0.2) is 0 Å². The van der Waals surface area contributed by atoms with Crippen molar-refractivity contribution in [2.45, 2.75) is 27.2 Å². The highest BCUT2D eigenvalue weighted by atomic mass is 16.6. The number of hydrogen-bond acceptors (Lipinski definition) is 5. The SMILES string of the molecule is CCN(CC)C(=O)Oc1ccc(C(=O)Nc2cc(C(=O)OC)cc3c2CC=C3C)cc1. The maximum absolute atomic E-state index is 12.8. The van der Waals surface area contributed by atoms with Crippen LogP contribution in [0.2, 0.25) is 0 Å². The zero-order chi connectivity index (χ0) is 22.5. The smallest absolute Gasteiger partial charge is 0.415 e. The lowest BCUT2D eigenvalue weighted by Gasteiger charge is -2.18. The fraction of sp³-hybridized carbons (Fsp3) is 0.292. The minimum atomic E-state index is -0.461. The number of carbonyl (C=O) groups excluding carboxylic acids is 3. The fourth-order valence-electron chi connectivity index (χ4n) is 3.47. The van der Waals surface area contributed by atoms with Gasteiger partial charge in [-0.3, -0.25) is 4.79 Å². The molecule has 0 heterocycles. The molecule has 7 heteroatoms. The van der Waals surface area contributed by atoms with Crippen molar-refractivity contribution in [2.24, 2.45) is 0 Å². The Labute approximate surface area is 181 Å². The van der Waals surface area contributed by atoms with Crippen molar-refractivity contribution in [2.75, 3.05) is 25.5 Å². The van der Waals surface area contributed by atoms with E-state index >= 15 is 0 Å². The highest BCUT2D eigenvalue weighted by molar-refractivity contribution is 6.06. The summed E-state index contributed by atoms with van der Waals surface area (Å²) in [6.07, 6.45) is 2.30. The van der Waals surface area contributed by atoms with Gasteiger partial charge in [-0.05, 0) is 80.3 Å². The van der Waals surface area contributed by atoms with Crippen LogP contribution in [-0.2, 0) is 11.2 Å². The molecule has 3 rings (SSSR count). The maximum Gasteiger partial charge on any atom is 0.415 e. The molecule has 0 saturated heterocycles. The zero-order valence-electron chi connectivity index (χ0n) is 18.2. The van der Waals surface area contributed by atoms with E-state index in [0.29, 0.717) is 42.1 Å². The minimum Gasteiger partial charge on any atom is -0.465 e. The number of carbonyl (C=O) groups is 3. The Morgan fingerprint density at radius 3 is 2.32 bits per heavy atom. The van der Waals surface area contributed by atoms with Crippen molar-refractivity contribution >= 4 is 29.2 Å². The van der Waals surface area contributed by atoms with Gasteiger partial charge in [0.05, 0.1) is 12.7 Å². The molecular formula is C24H26N2O5. The Bertz CT molecular complexity index is 1040. The average molecular weight is 422 g/mol. The minimum absolute atomic E-state index is 0.324. The topological polar surface area (TPSA) is 84.9 Å². The van der Waals surface area contributed by atoms with Crippen LogP contribution < -0.4 is 10.1 Å². The van der Waals surface area contributed by atoms with Crippen molar-refractivity contribution in [3.63, 3.8) is 0 Å². The van der Waals surface area contributed by atoms with E-state index in [1.54, 1.807) is 41.3 Å². The molecule has 2 amide bonds. The van der Waals surface area contributed by atoms with Gasteiger partial charge in [0.2, 0.25) is 0 Å². The molecule has 0 aliphatic heterocycles. The molecule has 31 heavy (non-hydrogen) atoms. The van der Waals surface area contributed by atoms with Gasteiger partial charge in [0, 0.05) is 24.3 Å². The molecule has 1 aliphatic carbocycles. The van der Waals surface area contributed by atoms with E-state index in [-0.39, 0.29) is 5.91 Å². The number of ether oxygens (including phenoxy) is 2. The summed E-state index contributed by atoms with van der Waals surface area (Å²) in [7, 11) is 1.32. The van der Waals surface area contributed by atoms with Gasteiger partial charge in [0.1, 0.15) is 5.75 Å². The van der Waals surface area contributed by atoms with Gasteiger partial charge >= 0.3 is 12.1 Å². The average Bonchev–Trinajstić information content (AvgIpc) is 3.15. The van der Waals surface area contributed by atoms with Gasteiger partial charge in [-0.1, -0.05) is 6.08 Å². The second-order valence-corrected chi connectivity index (χ2v) is 7.15. The van der Waals surface area contributed by atoms with Crippen molar-refractivity contribution < 1.29 is 23.9 Å². The summed E-state index contributed by atoms with van der Waals surface area (Å²) < 4.78 is 10.2. The molecule has 0 fully saturated rings. The first-order chi connectivity index (χ1) is 14.9. The van der Waals surface area contributed by atoms with E-state index in [2.05, 4.69) is 11.4 Å². The summed E-state index contributed by atoms with van der Waals surface area (Å²) in [5.41, 5.74) is 4.30. The summed E-state index contributed by atoms with van der Waals surface area (Å²) in [5.74, 6) is -0.422. The van der Waals surface area contributed by atoms with Crippen LogP contribution >= 0.6 is 0 Å². The van der Waals surface area contributed by atoms with E-state index in [1.807, 2.05) is 20.8 Å². The predicted octanol–water partition coefficient (Wildman–Crippen LogP) is 4.53. The van der Waals surface area contributed by atoms with Crippen LogP contribution in [0.4, 0.5) is 10.5 Å². The van der Waals surface area contributed by atoms with Gasteiger partial charge in [-0.2, -0.15) is 0 Å². The second-order valence-electron chi connectivity index (χ2n) is 7.15. The number of nitrogens with one attached hydrogen (secondary N) is 1. The van der Waals surface area contributed by atoms with E-state index in [4.69, 9.17) is 9.47 Å². The highest BCUT2D eigenvalue weighted by Gasteiger charge is 2.21. The predicted molar refractivity (Wildman–Crippen MR) is 118 cm³/mol. The standard InChI is InChI=1S/C24H26N2O5/c1-5-26(6-2)24(29)31-18-10-8-16(9-11-18)22(27)25-21-14-17(23(28)30-4)13-20-15(3)7-12-19(20)21/h7-11,13-14H,5-6,12H2,1-4H3,(H,25,27). The van der Waals surface area contributed by atoms with E-state index in [9.17, 15) is 14.4 Å². The van der Waals surface area contributed by atoms with E-state index in [0.717, 1.165) is 16.7 Å². The summed E-state index contributed by atoms with van der Waals surface area (Å²) in [5, 5.41) is 2.90. The molecule has 2 aromatic carbocycles. The van der Waals surface area contributed by atoms with Gasteiger partial charge in [-0.25, -0.2) is 9.59 Å². The van der Waals surface area contributed by atoms with Gasteiger partial charge in [-0.15, -0.1) is 0 Å². The van der Waals surface area contributed by atoms with Crippen LogP contribution in [0.1, 0.15) is 52.6 Å². The normalized spacial score (nSPS) is 11.9. The summed E-state index contributed by atoms with van der Waals surface area (Å²) >= 11 is 0. The number of allylic oxidation sites excluding steroid dienone is 2. The zero-order valence-corrected chi connectivity index (χ0v) is 18.2. The fourth-order valence-corrected chi connectivity index (χ4v) is 3.47. The van der Waals surface area contributed by atoms with Gasteiger partial charge in [0.25, 0.3) is 5.91 Å². The maximum atomic E-state index is 12.8. The Balaban J connectivity index is 1.78. The van der Waals surface area contributed by atoms with Crippen molar-refractivity contribution in [1.29, 1.82) is 0 Å². The van der Waals surface area contributed by atoms with E-state index < -0.39 is 12.1 Å². The van der Waals surface area contributed by atoms with Crippen LogP contribution in [0.3, 0.4) is 0 Å². The summed E-state index contributed by atoms with van der Waals surface area (Å²) in [6, 6.07) is 9.76. The van der Waals surface area contributed by atoms with Crippen LogP contribution in [0.5, 0.6) is 5.75 Å². The first-order valence-corrected chi connectivity index (χ1v) is 10.2. The monoisotopic (exact) mass is 422 g/mol. The Morgan fingerprint density at radius 1 is 1.03 bits per heavy atom. The molecule has 0 aromatic heterocycles. The second kappa shape index (κ2) is 9.47. The molecule has 0 bridgehead atoms. The lowest BCUT2D eigenvalue weighted by Crippen LogP contribution is -2.33. The highest BCUT2D eigenvalue weighted by Crippen LogP contribution is 2.34. The number of hydrogen-bond donors (Lipinski definition) is 1. The molecule has 0 unspecified atom stereocenters. The number of fused-ring (bicyclic) bond motifs is 1. The first-order valence-electron chi connectivity index (χ1n) is 10.2. The van der Waals surface area contributed by atoms with Crippen LogP contribution in [0.25, 0.3) is 5.57 Å². The molecular weight excluding hydrogens is 396 g/mol. The third-order valence-electron chi connectivity index (χ3n) is 5.30. The third kappa shape index (κ3) is 4.77. The van der Waals surface area contributed by atoms with Crippen LogP contribution in [0.15, 0.2) is 42.5 Å². The number of benzene rings is 2. The number of nitrogens with zero attached hydrogens (tertiary/aromatic N) is 1. The Hall–Kier alpha value is -3.61.